The van der Waals surface area contributed by atoms with Crippen LogP contribution < -0.4 is 0 Å². The molecule has 1 amide bonds. The van der Waals surface area contributed by atoms with Crippen LogP contribution in [0.3, 0.4) is 0 Å². The smallest absolute Gasteiger partial charge is 0.316 e. The largest absolute Gasteiger partial charge is 0.480 e. The van der Waals surface area contributed by atoms with Crippen molar-refractivity contribution >= 4 is 23.6 Å². The first-order valence-corrected chi connectivity index (χ1v) is 8.48. The van der Waals surface area contributed by atoms with Crippen LogP contribution in [-0.4, -0.2) is 40.2 Å². The van der Waals surface area contributed by atoms with Gasteiger partial charge in [-0.05, 0) is 36.3 Å². The molecule has 1 aromatic carbocycles. The lowest BCUT2D eigenvalue weighted by molar-refractivity contribution is -0.136. The van der Waals surface area contributed by atoms with Gasteiger partial charge < -0.3 is 10.0 Å². The first kappa shape index (κ1) is 15.4. The van der Waals surface area contributed by atoms with Gasteiger partial charge >= 0.3 is 5.97 Å². The third kappa shape index (κ3) is 2.51. The molecule has 0 radical (unpaired) electrons. The Morgan fingerprint density at radius 2 is 1.86 bits per heavy atom. The summed E-state index contributed by atoms with van der Waals surface area (Å²) in [6, 6.07) is 7.31. The number of carboxylic acids is 1. The summed E-state index contributed by atoms with van der Waals surface area (Å²) in [5.41, 5.74) is 1.00. The fourth-order valence-electron chi connectivity index (χ4n) is 3.46. The number of carbonyl (C=O) groups excluding carboxylic acids is 1. The Balaban J connectivity index is 1.75. The second-order valence-electron chi connectivity index (χ2n) is 6.84. The van der Waals surface area contributed by atoms with Crippen LogP contribution in [-0.2, 0) is 4.79 Å². The van der Waals surface area contributed by atoms with Crippen LogP contribution in [0.4, 0.5) is 0 Å². The van der Waals surface area contributed by atoms with Gasteiger partial charge in [-0.2, -0.15) is 0 Å². The monoisotopic (exact) mass is 319 g/mol. The van der Waals surface area contributed by atoms with Gasteiger partial charge in [0.1, 0.15) is 5.25 Å². The molecule has 0 aromatic heterocycles. The van der Waals surface area contributed by atoms with Crippen LogP contribution in [0.1, 0.15) is 31.1 Å². The van der Waals surface area contributed by atoms with E-state index in [0.29, 0.717) is 22.8 Å². The minimum atomic E-state index is -0.864. The van der Waals surface area contributed by atoms with E-state index < -0.39 is 11.2 Å². The van der Waals surface area contributed by atoms with Gasteiger partial charge in [0.2, 0.25) is 0 Å². The molecule has 1 N–H and O–H groups in total. The topological polar surface area (TPSA) is 57.6 Å². The van der Waals surface area contributed by atoms with Gasteiger partial charge in [-0.15, -0.1) is 11.8 Å². The highest BCUT2D eigenvalue weighted by molar-refractivity contribution is 8.00. The van der Waals surface area contributed by atoms with Gasteiger partial charge in [0.15, 0.2) is 0 Å². The molecule has 1 aromatic rings. The molecule has 5 heteroatoms. The summed E-state index contributed by atoms with van der Waals surface area (Å²) in [7, 11) is 0. The molecule has 1 aliphatic carbocycles. The predicted octanol–water partition coefficient (Wildman–Crippen LogP) is 2.98. The summed E-state index contributed by atoms with van der Waals surface area (Å²) < 4.78 is 0. The standard InChI is InChI=1S/C17H21NO3S/c1-10(16(20)21)22-14-7-5-4-6-11(14)15(19)18-8-12-13(9-18)17(12,2)3/h4-7,10,12-13H,8-9H2,1-3H3,(H,20,21). The van der Waals surface area contributed by atoms with Gasteiger partial charge in [-0.3, -0.25) is 9.59 Å². The highest BCUT2D eigenvalue weighted by Gasteiger charge is 2.62. The minimum absolute atomic E-state index is 0.0312. The van der Waals surface area contributed by atoms with Crippen molar-refractivity contribution in [2.45, 2.75) is 30.9 Å². The summed E-state index contributed by atoms with van der Waals surface area (Å²) in [5.74, 6) is 0.406. The van der Waals surface area contributed by atoms with E-state index in [4.69, 9.17) is 5.11 Å². The number of amides is 1. The lowest BCUT2D eigenvalue weighted by atomic mass is 10.1. The lowest BCUT2D eigenvalue weighted by Crippen LogP contribution is -2.33. The number of thioether (sulfide) groups is 1. The molecule has 1 aliphatic heterocycles. The van der Waals surface area contributed by atoms with Gasteiger partial charge in [0.05, 0.1) is 5.56 Å². The van der Waals surface area contributed by atoms with E-state index in [1.807, 2.05) is 23.1 Å². The van der Waals surface area contributed by atoms with Crippen molar-refractivity contribution in [2.24, 2.45) is 17.3 Å². The maximum atomic E-state index is 12.8. The Kier molecular flexibility index (Phi) is 3.71. The van der Waals surface area contributed by atoms with E-state index in [-0.39, 0.29) is 5.91 Å². The van der Waals surface area contributed by atoms with E-state index in [1.54, 1.807) is 13.0 Å². The Hall–Kier alpha value is -1.49. The van der Waals surface area contributed by atoms with E-state index >= 15 is 0 Å². The van der Waals surface area contributed by atoms with Crippen molar-refractivity contribution in [2.75, 3.05) is 13.1 Å². The Labute approximate surface area is 134 Å². The minimum Gasteiger partial charge on any atom is -0.480 e. The number of carboxylic acid groups (broad SMARTS) is 1. The predicted molar refractivity (Wildman–Crippen MR) is 86.1 cm³/mol. The van der Waals surface area contributed by atoms with E-state index in [1.165, 1.54) is 11.8 Å². The maximum Gasteiger partial charge on any atom is 0.316 e. The quantitative estimate of drug-likeness (QED) is 0.867. The Morgan fingerprint density at radius 1 is 1.27 bits per heavy atom. The van der Waals surface area contributed by atoms with Crippen LogP contribution in [0.15, 0.2) is 29.2 Å². The number of benzene rings is 1. The van der Waals surface area contributed by atoms with Crippen LogP contribution in [0, 0.1) is 17.3 Å². The molecular weight excluding hydrogens is 298 g/mol. The second-order valence-corrected chi connectivity index (χ2v) is 8.22. The molecular formula is C17H21NO3S. The molecule has 22 heavy (non-hydrogen) atoms. The molecule has 1 saturated carbocycles. The SMILES string of the molecule is CC(Sc1ccccc1C(=O)N1CC2C(C1)C2(C)C)C(=O)O. The van der Waals surface area contributed by atoms with Crippen molar-refractivity contribution in [3.05, 3.63) is 29.8 Å². The number of hydrogen-bond acceptors (Lipinski definition) is 3. The molecule has 118 valence electrons. The third-order valence-electron chi connectivity index (χ3n) is 5.18. The van der Waals surface area contributed by atoms with Crippen LogP contribution in [0.5, 0.6) is 0 Å². The van der Waals surface area contributed by atoms with E-state index in [0.717, 1.165) is 18.0 Å². The second kappa shape index (κ2) is 5.30. The number of likely N-dealkylation sites (tertiary alicyclic amines) is 1. The first-order chi connectivity index (χ1) is 10.3. The molecule has 0 spiro atoms. The van der Waals surface area contributed by atoms with Crippen LogP contribution in [0.2, 0.25) is 0 Å². The fourth-order valence-corrected chi connectivity index (χ4v) is 4.38. The summed E-state index contributed by atoms with van der Waals surface area (Å²) in [6.45, 7) is 7.82. The summed E-state index contributed by atoms with van der Waals surface area (Å²) in [4.78, 5) is 26.5. The number of nitrogens with zero attached hydrogens (tertiary/aromatic N) is 1. The Morgan fingerprint density at radius 3 is 2.45 bits per heavy atom. The zero-order valence-electron chi connectivity index (χ0n) is 13.1. The number of piperidine rings is 1. The molecule has 3 rings (SSSR count). The fraction of sp³-hybridized carbons (Fsp3) is 0.529. The molecule has 1 saturated heterocycles. The molecule has 3 atom stereocenters. The van der Waals surface area contributed by atoms with Crippen molar-refractivity contribution in [1.82, 2.24) is 4.90 Å². The summed E-state index contributed by atoms with van der Waals surface area (Å²) >= 11 is 1.23. The zero-order chi connectivity index (χ0) is 16.1. The summed E-state index contributed by atoms with van der Waals surface area (Å²) in [6.07, 6.45) is 0. The van der Waals surface area contributed by atoms with Gasteiger partial charge in [-0.25, -0.2) is 0 Å². The van der Waals surface area contributed by atoms with Crippen molar-refractivity contribution in [3.8, 4) is 0 Å². The number of carbonyl (C=O) groups is 2. The van der Waals surface area contributed by atoms with Gasteiger partial charge in [-0.1, -0.05) is 26.0 Å². The highest BCUT2D eigenvalue weighted by Crippen LogP contribution is 2.62. The number of hydrogen-bond donors (Lipinski definition) is 1. The first-order valence-electron chi connectivity index (χ1n) is 7.60. The van der Waals surface area contributed by atoms with Crippen molar-refractivity contribution < 1.29 is 14.7 Å². The van der Waals surface area contributed by atoms with Gasteiger partial charge in [0, 0.05) is 18.0 Å². The molecule has 4 nitrogen and oxygen atoms in total. The molecule has 1 heterocycles. The van der Waals surface area contributed by atoms with Crippen LogP contribution >= 0.6 is 11.8 Å². The third-order valence-corrected chi connectivity index (χ3v) is 6.34. The molecule has 2 fully saturated rings. The zero-order valence-corrected chi connectivity index (χ0v) is 13.9. The number of rotatable bonds is 4. The van der Waals surface area contributed by atoms with Crippen molar-refractivity contribution in [3.63, 3.8) is 0 Å². The van der Waals surface area contributed by atoms with Crippen LogP contribution in [0.25, 0.3) is 0 Å². The maximum absolute atomic E-state index is 12.8. The van der Waals surface area contributed by atoms with Crippen molar-refractivity contribution in [1.29, 1.82) is 0 Å². The average Bonchev–Trinajstić information content (AvgIpc) is 2.85. The van der Waals surface area contributed by atoms with Gasteiger partial charge in [0.25, 0.3) is 5.91 Å². The van der Waals surface area contributed by atoms with E-state index in [9.17, 15) is 9.59 Å². The molecule has 0 bridgehead atoms. The molecule has 3 unspecified atom stereocenters. The summed E-state index contributed by atoms with van der Waals surface area (Å²) in [5, 5.41) is 8.50. The lowest BCUT2D eigenvalue weighted by Gasteiger charge is -2.23. The highest BCUT2D eigenvalue weighted by atomic mass is 32.2. The number of fused-ring (bicyclic) bond motifs is 1. The van der Waals surface area contributed by atoms with E-state index in [2.05, 4.69) is 13.8 Å². The normalized spacial score (nSPS) is 26.4. The average molecular weight is 319 g/mol. The number of aliphatic carboxylic acids is 1. The Bertz CT molecular complexity index is 614. The molecule has 2 aliphatic rings.